The molecular formula is C12H13ClN2S. The molecule has 0 atom stereocenters. The number of aryl methyl sites for hydroxylation is 1. The van der Waals surface area contributed by atoms with Crippen LogP contribution in [0.1, 0.15) is 10.7 Å². The number of thiazole rings is 1. The van der Waals surface area contributed by atoms with Crippen LogP contribution in [0.4, 0.5) is 0 Å². The fourth-order valence-corrected chi connectivity index (χ4v) is 2.87. The lowest BCUT2D eigenvalue weighted by molar-refractivity contribution is 0.796. The molecule has 0 fully saturated rings. The Kier molecular flexibility index (Phi) is 3.59. The molecule has 0 unspecified atom stereocenters. The number of aromatic nitrogens is 1. The van der Waals surface area contributed by atoms with Gasteiger partial charge in [-0.15, -0.1) is 11.3 Å². The van der Waals surface area contributed by atoms with Crippen LogP contribution in [0.25, 0.3) is 10.4 Å². The number of benzene rings is 1. The standard InChI is InChI=1S/C12H13ClN2S/c1-8-15-11(7-14-2)12(16-8)9-5-3-4-6-10(9)13/h3-6,14H,7H2,1-2H3. The van der Waals surface area contributed by atoms with Gasteiger partial charge in [0.05, 0.1) is 15.6 Å². The summed E-state index contributed by atoms with van der Waals surface area (Å²) in [4.78, 5) is 5.68. The molecule has 1 N–H and O–H groups in total. The molecule has 0 aliphatic rings. The quantitative estimate of drug-likeness (QED) is 0.905. The summed E-state index contributed by atoms with van der Waals surface area (Å²) in [6.45, 7) is 2.79. The average Bonchev–Trinajstić information content (AvgIpc) is 2.61. The van der Waals surface area contributed by atoms with E-state index >= 15 is 0 Å². The van der Waals surface area contributed by atoms with Crippen molar-refractivity contribution in [3.8, 4) is 10.4 Å². The van der Waals surface area contributed by atoms with Crippen molar-refractivity contribution >= 4 is 22.9 Å². The average molecular weight is 253 g/mol. The van der Waals surface area contributed by atoms with Gasteiger partial charge in [0.15, 0.2) is 0 Å². The van der Waals surface area contributed by atoms with Crippen LogP contribution in [0.3, 0.4) is 0 Å². The zero-order valence-electron chi connectivity index (χ0n) is 9.25. The monoisotopic (exact) mass is 252 g/mol. The molecule has 1 aromatic carbocycles. The van der Waals surface area contributed by atoms with Gasteiger partial charge in [0.2, 0.25) is 0 Å². The third kappa shape index (κ3) is 2.26. The second-order valence-corrected chi connectivity index (χ2v) is 5.13. The predicted octanol–water partition coefficient (Wildman–Crippen LogP) is 3.49. The number of hydrogen-bond acceptors (Lipinski definition) is 3. The fraction of sp³-hybridized carbons (Fsp3) is 0.250. The third-order valence-electron chi connectivity index (χ3n) is 2.27. The zero-order chi connectivity index (χ0) is 11.5. The van der Waals surface area contributed by atoms with Crippen molar-refractivity contribution in [1.29, 1.82) is 0 Å². The van der Waals surface area contributed by atoms with Crippen LogP contribution in [0.15, 0.2) is 24.3 Å². The Morgan fingerprint density at radius 2 is 2.12 bits per heavy atom. The Balaban J connectivity index is 2.51. The maximum atomic E-state index is 6.20. The maximum Gasteiger partial charge on any atom is 0.0904 e. The minimum Gasteiger partial charge on any atom is -0.314 e. The summed E-state index contributed by atoms with van der Waals surface area (Å²) < 4.78 is 0. The van der Waals surface area contributed by atoms with Crippen molar-refractivity contribution < 1.29 is 0 Å². The van der Waals surface area contributed by atoms with Gasteiger partial charge in [0.1, 0.15) is 0 Å². The normalized spacial score (nSPS) is 10.7. The van der Waals surface area contributed by atoms with Crippen molar-refractivity contribution in [2.24, 2.45) is 0 Å². The van der Waals surface area contributed by atoms with Crippen LogP contribution < -0.4 is 5.32 Å². The molecule has 1 aromatic heterocycles. The van der Waals surface area contributed by atoms with Gasteiger partial charge in [0.25, 0.3) is 0 Å². The molecule has 4 heteroatoms. The largest absolute Gasteiger partial charge is 0.314 e. The Morgan fingerprint density at radius 1 is 1.38 bits per heavy atom. The van der Waals surface area contributed by atoms with Gasteiger partial charge in [-0.25, -0.2) is 4.98 Å². The summed E-state index contributed by atoms with van der Waals surface area (Å²) in [7, 11) is 1.92. The van der Waals surface area contributed by atoms with Gasteiger partial charge in [-0.2, -0.15) is 0 Å². The molecule has 0 radical (unpaired) electrons. The zero-order valence-corrected chi connectivity index (χ0v) is 10.8. The van der Waals surface area contributed by atoms with E-state index in [9.17, 15) is 0 Å². The maximum absolute atomic E-state index is 6.20. The molecule has 0 amide bonds. The Bertz CT molecular complexity index is 494. The molecule has 2 rings (SSSR count). The molecule has 84 valence electrons. The summed E-state index contributed by atoms with van der Waals surface area (Å²) in [6.07, 6.45) is 0. The molecule has 0 bridgehead atoms. The van der Waals surface area contributed by atoms with Crippen LogP contribution in [-0.2, 0) is 6.54 Å². The van der Waals surface area contributed by atoms with Crippen LogP contribution in [-0.4, -0.2) is 12.0 Å². The van der Waals surface area contributed by atoms with Crippen molar-refractivity contribution in [2.75, 3.05) is 7.05 Å². The second kappa shape index (κ2) is 4.95. The lowest BCUT2D eigenvalue weighted by atomic mass is 10.1. The Labute approximate surface area is 104 Å². The van der Waals surface area contributed by atoms with Crippen molar-refractivity contribution in [2.45, 2.75) is 13.5 Å². The summed E-state index contributed by atoms with van der Waals surface area (Å²) in [5.41, 5.74) is 2.14. The first-order valence-corrected chi connectivity index (χ1v) is 6.27. The van der Waals surface area contributed by atoms with Crippen molar-refractivity contribution in [3.05, 3.63) is 40.0 Å². The highest BCUT2D eigenvalue weighted by molar-refractivity contribution is 7.15. The van der Waals surface area contributed by atoms with Gasteiger partial charge in [-0.1, -0.05) is 29.8 Å². The van der Waals surface area contributed by atoms with E-state index in [1.807, 2.05) is 38.2 Å². The van der Waals surface area contributed by atoms with E-state index in [0.29, 0.717) is 0 Å². The highest BCUT2D eigenvalue weighted by Crippen LogP contribution is 2.34. The smallest absolute Gasteiger partial charge is 0.0904 e. The van der Waals surface area contributed by atoms with E-state index in [1.165, 1.54) is 0 Å². The second-order valence-electron chi connectivity index (χ2n) is 3.52. The summed E-state index contributed by atoms with van der Waals surface area (Å²) in [5, 5.41) is 4.98. The van der Waals surface area contributed by atoms with Gasteiger partial charge in [-0.05, 0) is 20.0 Å². The number of hydrogen-bond donors (Lipinski definition) is 1. The van der Waals surface area contributed by atoms with Gasteiger partial charge in [-0.3, -0.25) is 0 Å². The number of rotatable bonds is 3. The molecule has 0 saturated heterocycles. The van der Waals surface area contributed by atoms with Gasteiger partial charge >= 0.3 is 0 Å². The SMILES string of the molecule is CNCc1nc(C)sc1-c1ccccc1Cl. The topological polar surface area (TPSA) is 24.9 Å². The van der Waals surface area contributed by atoms with Crippen molar-refractivity contribution in [3.63, 3.8) is 0 Å². The minimum absolute atomic E-state index is 0.769. The molecule has 0 aliphatic carbocycles. The van der Waals surface area contributed by atoms with Crippen LogP contribution >= 0.6 is 22.9 Å². The van der Waals surface area contributed by atoms with Crippen LogP contribution in [0, 0.1) is 6.92 Å². The first-order chi connectivity index (χ1) is 7.72. The highest BCUT2D eigenvalue weighted by Gasteiger charge is 2.12. The molecule has 16 heavy (non-hydrogen) atoms. The van der Waals surface area contributed by atoms with Gasteiger partial charge < -0.3 is 5.32 Å². The van der Waals surface area contributed by atoms with Gasteiger partial charge in [0, 0.05) is 17.1 Å². The Hall–Kier alpha value is -0.900. The van der Waals surface area contributed by atoms with Crippen molar-refractivity contribution in [1.82, 2.24) is 10.3 Å². The number of nitrogens with one attached hydrogen (secondary N) is 1. The fourth-order valence-electron chi connectivity index (χ4n) is 1.61. The third-order valence-corrected chi connectivity index (χ3v) is 3.64. The summed E-state index contributed by atoms with van der Waals surface area (Å²) in [5.74, 6) is 0. The molecule has 2 nitrogen and oxygen atoms in total. The van der Waals surface area contributed by atoms with E-state index in [4.69, 9.17) is 11.6 Å². The summed E-state index contributed by atoms with van der Waals surface area (Å²) in [6, 6.07) is 7.89. The predicted molar refractivity (Wildman–Crippen MR) is 70.1 cm³/mol. The summed E-state index contributed by atoms with van der Waals surface area (Å²) >= 11 is 7.88. The molecule has 0 saturated carbocycles. The van der Waals surface area contributed by atoms with Crippen LogP contribution in [0.2, 0.25) is 5.02 Å². The number of nitrogens with zero attached hydrogens (tertiary/aromatic N) is 1. The van der Waals surface area contributed by atoms with E-state index in [0.717, 1.165) is 32.7 Å². The van der Waals surface area contributed by atoms with E-state index in [2.05, 4.69) is 10.3 Å². The molecular weight excluding hydrogens is 240 g/mol. The molecule has 0 spiro atoms. The Morgan fingerprint density at radius 3 is 2.81 bits per heavy atom. The minimum atomic E-state index is 0.769. The lowest BCUT2D eigenvalue weighted by Crippen LogP contribution is -2.06. The highest BCUT2D eigenvalue weighted by atomic mass is 35.5. The van der Waals surface area contributed by atoms with E-state index < -0.39 is 0 Å². The number of halogens is 1. The first kappa shape index (κ1) is 11.6. The molecule has 0 aliphatic heterocycles. The van der Waals surface area contributed by atoms with Crippen LogP contribution in [0.5, 0.6) is 0 Å². The molecule has 1 heterocycles. The van der Waals surface area contributed by atoms with E-state index in [1.54, 1.807) is 11.3 Å². The first-order valence-electron chi connectivity index (χ1n) is 5.08. The lowest BCUT2D eigenvalue weighted by Gasteiger charge is -2.03. The molecule has 2 aromatic rings. The van der Waals surface area contributed by atoms with E-state index in [-0.39, 0.29) is 0 Å².